The minimum absolute atomic E-state index is 0.0783. The third-order valence-corrected chi connectivity index (χ3v) is 7.38. The number of carbonyl (C=O) groups excluding carboxylic acids is 1. The van der Waals surface area contributed by atoms with Crippen molar-refractivity contribution in [2.45, 2.75) is 21.1 Å². The predicted octanol–water partition coefficient (Wildman–Crippen LogP) is 5.93. The van der Waals surface area contributed by atoms with Gasteiger partial charge < -0.3 is 4.90 Å². The first-order valence-corrected chi connectivity index (χ1v) is 11.2. The molecule has 0 unspecified atom stereocenters. The van der Waals surface area contributed by atoms with E-state index in [4.69, 9.17) is 0 Å². The van der Waals surface area contributed by atoms with Crippen molar-refractivity contribution in [3.05, 3.63) is 91.0 Å². The van der Waals surface area contributed by atoms with Gasteiger partial charge in [0, 0.05) is 9.79 Å². The van der Waals surface area contributed by atoms with Crippen LogP contribution < -0.4 is 4.90 Å². The third kappa shape index (κ3) is 3.27. The maximum absolute atomic E-state index is 13.3. The van der Waals surface area contributed by atoms with Crippen molar-refractivity contribution >= 4 is 45.9 Å². The fourth-order valence-corrected chi connectivity index (χ4v) is 5.81. The molecule has 0 N–H and O–H groups in total. The molecule has 1 aliphatic heterocycles. The van der Waals surface area contributed by atoms with E-state index < -0.39 is 0 Å². The van der Waals surface area contributed by atoms with E-state index in [-0.39, 0.29) is 17.2 Å². The normalized spacial score (nSPS) is 20.1. The number of anilines is 1. The van der Waals surface area contributed by atoms with Gasteiger partial charge in [-0.05, 0) is 35.0 Å². The minimum Gasteiger partial charge on any atom is -0.302 e. The highest BCUT2D eigenvalue weighted by Crippen LogP contribution is 2.43. The summed E-state index contributed by atoms with van der Waals surface area (Å²) in [4.78, 5) is 17.6. The van der Waals surface area contributed by atoms with E-state index in [1.807, 2.05) is 47.0 Å². The average molecular weight is 402 g/mol. The second-order valence-electron chi connectivity index (χ2n) is 6.87. The zero-order valence-corrected chi connectivity index (χ0v) is 16.8. The first kappa shape index (κ1) is 17.7. The van der Waals surface area contributed by atoms with Gasteiger partial charge in [0.25, 0.3) is 0 Å². The Bertz CT molecular complexity index is 1100. The molecule has 0 saturated heterocycles. The number of thioether (sulfide) groups is 2. The number of hydrogen-bond acceptors (Lipinski definition) is 3. The van der Waals surface area contributed by atoms with Gasteiger partial charge in [0.15, 0.2) is 0 Å². The van der Waals surface area contributed by atoms with E-state index in [1.54, 1.807) is 11.8 Å². The molecule has 5 rings (SSSR count). The lowest BCUT2D eigenvalue weighted by atomic mass is 10.0. The summed E-state index contributed by atoms with van der Waals surface area (Å²) in [5.41, 5.74) is 1.03. The van der Waals surface area contributed by atoms with Gasteiger partial charge in [-0.2, -0.15) is 0 Å². The molecule has 0 fully saturated rings. The fourth-order valence-electron chi connectivity index (χ4n) is 3.75. The average Bonchev–Trinajstić information content (AvgIpc) is 2.75. The second kappa shape index (κ2) is 7.53. The SMILES string of the molecule is O=C(CSc1ccc2ccccc2c1)N1c2ccccc2S[C@H]2C=CC=C[C@@H]21. The Hall–Kier alpha value is -2.43. The summed E-state index contributed by atoms with van der Waals surface area (Å²) in [6, 6.07) is 23.0. The van der Waals surface area contributed by atoms with Crippen molar-refractivity contribution in [3.8, 4) is 0 Å². The molecular formula is C24H19NOS2. The molecule has 0 radical (unpaired) electrons. The molecule has 1 amide bonds. The lowest BCUT2D eigenvalue weighted by Crippen LogP contribution is -2.48. The Morgan fingerprint density at radius 3 is 2.64 bits per heavy atom. The van der Waals surface area contributed by atoms with Crippen molar-refractivity contribution < 1.29 is 4.79 Å². The molecule has 0 saturated carbocycles. The van der Waals surface area contributed by atoms with Gasteiger partial charge in [-0.15, -0.1) is 23.5 Å². The van der Waals surface area contributed by atoms with Gasteiger partial charge in [0.05, 0.1) is 22.7 Å². The summed E-state index contributed by atoms with van der Waals surface area (Å²) in [6.45, 7) is 0. The van der Waals surface area contributed by atoms with E-state index in [1.165, 1.54) is 15.7 Å². The van der Waals surface area contributed by atoms with Crippen LogP contribution in [0.5, 0.6) is 0 Å². The number of nitrogens with zero attached hydrogens (tertiary/aromatic N) is 1. The van der Waals surface area contributed by atoms with Crippen molar-refractivity contribution in [2.75, 3.05) is 10.7 Å². The van der Waals surface area contributed by atoms with E-state index in [9.17, 15) is 4.79 Å². The van der Waals surface area contributed by atoms with Crippen molar-refractivity contribution in [1.82, 2.24) is 0 Å². The number of para-hydroxylation sites is 1. The Balaban J connectivity index is 1.40. The molecule has 2 aliphatic rings. The van der Waals surface area contributed by atoms with Crippen LogP contribution in [0, 0.1) is 0 Å². The highest BCUT2D eigenvalue weighted by atomic mass is 32.2. The van der Waals surface area contributed by atoms with E-state index in [0.717, 1.165) is 10.6 Å². The van der Waals surface area contributed by atoms with Crippen LogP contribution in [0.2, 0.25) is 0 Å². The molecule has 2 nitrogen and oxygen atoms in total. The number of fused-ring (bicyclic) bond motifs is 3. The van der Waals surface area contributed by atoms with Crippen molar-refractivity contribution in [3.63, 3.8) is 0 Å². The largest absolute Gasteiger partial charge is 0.302 e. The Kier molecular flexibility index (Phi) is 4.75. The standard InChI is InChI=1S/C24H19NOS2/c26-24(16-27-19-14-13-17-7-1-2-8-18(17)15-19)25-20-9-3-5-11-22(20)28-23-12-6-4-10-21(23)25/h1-15,20,22H,16H2/t20-,22-/m0/s1. The van der Waals surface area contributed by atoms with Crippen LogP contribution in [-0.4, -0.2) is 23.0 Å². The lowest BCUT2D eigenvalue weighted by molar-refractivity contribution is -0.116. The van der Waals surface area contributed by atoms with Gasteiger partial charge >= 0.3 is 0 Å². The molecule has 3 aromatic rings. The fraction of sp³-hybridized carbons (Fsp3) is 0.125. The van der Waals surface area contributed by atoms with Gasteiger partial charge in [-0.1, -0.05) is 66.8 Å². The Labute approximate surface area is 173 Å². The van der Waals surface area contributed by atoms with Gasteiger partial charge in [-0.3, -0.25) is 4.79 Å². The van der Waals surface area contributed by atoms with Gasteiger partial charge in [0.2, 0.25) is 5.91 Å². The molecule has 138 valence electrons. The van der Waals surface area contributed by atoms with Crippen LogP contribution >= 0.6 is 23.5 Å². The number of carbonyl (C=O) groups is 1. The Morgan fingerprint density at radius 1 is 0.929 bits per heavy atom. The van der Waals surface area contributed by atoms with Crippen LogP contribution in [0.1, 0.15) is 0 Å². The monoisotopic (exact) mass is 401 g/mol. The maximum atomic E-state index is 13.3. The number of amides is 1. The third-order valence-electron chi connectivity index (χ3n) is 5.09. The topological polar surface area (TPSA) is 20.3 Å². The highest BCUT2D eigenvalue weighted by Gasteiger charge is 2.36. The van der Waals surface area contributed by atoms with Crippen molar-refractivity contribution in [2.24, 2.45) is 0 Å². The summed E-state index contributed by atoms with van der Waals surface area (Å²) in [6.07, 6.45) is 8.47. The molecule has 1 heterocycles. The zero-order valence-electron chi connectivity index (χ0n) is 15.2. The summed E-state index contributed by atoms with van der Waals surface area (Å²) >= 11 is 3.45. The van der Waals surface area contributed by atoms with Crippen LogP contribution in [0.15, 0.2) is 101 Å². The molecule has 28 heavy (non-hydrogen) atoms. The quantitative estimate of drug-likeness (QED) is 0.507. The summed E-state index contributed by atoms with van der Waals surface area (Å²) in [7, 11) is 0. The number of allylic oxidation sites excluding steroid dienone is 2. The van der Waals surface area contributed by atoms with Crippen LogP contribution in [0.3, 0.4) is 0 Å². The van der Waals surface area contributed by atoms with E-state index in [0.29, 0.717) is 5.75 Å². The van der Waals surface area contributed by atoms with Crippen LogP contribution in [0.25, 0.3) is 10.8 Å². The van der Waals surface area contributed by atoms with Gasteiger partial charge in [0.1, 0.15) is 0 Å². The maximum Gasteiger partial charge on any atom is 0.237 e. The molecule has 0 spiro atoms. The zero-order chi connectivity index (χ0) is 18.9. The predicted molar refractivity (Wildman–Crippen MR) is 120 cm³/mol. The molecule has 4 heteroatoms. The number of hydrogen-bond donors (Lipinski definition) is 0. The van der Waals surface area contributed by atoms with E-state index >= 15 is 0 Å². The Morgan fingerprint density at radius 2 is 1.71 bits per heavy atom. The molecular weight excluding hydrogens is 382 g/mol. The molecule has 1 aliphatic carbocycles. The minimum atomic E-state index is 0.0783. The second-order valence-corrected chi connectivity index (χ2v) is 9.14. The highest BCUT2D eigenvalue weighted by molar-refractivity contribution is 8.00. The molecule has 0 bridgehead atoms. The van der Waals surface area contributed by atoms with Crippen LogP contribution in [-0.2, 0) is 4.79 Å². The smallest absolute Gasteiger partial charge is 0.237 e. The molecule has 3 aromatic carbocycles. The van der Waals surface area contributed by atoms with Gasteiger partial charge in [-0.25, -0.2) is 0 Å². The first-order valence-electron chi connectivity index (χ1n) is 9.34. The summed E-state index contributed by atoms with van der Waals surface area (Å²) in [5.74, 6) is 0.582. The lowest BCUT2D eigenvalue weighted by Gasteiger charge is -2.40. The summed E-state index contributed by atoms with van der Waals surface area (Å²) in [5, 5.41) is 2.71. The number of benzene rings is 3. The van der Waals surface area contributed by atoms with Crippen molar-refractivity contribution in [1.29, 1.82) is 0 Å². The van der Waals surface area contributed by atoms with E-state index in [2.05, 4.69) is 60.7 Å². The first-order chi connectivity index (χ1) is 13.8. The van der Waals surface area contributed by atoms with Crippen LogP contribution in [0.4, 0.5) is 5.69 Å². The molecule has 2 atom stereocenters. The summed E-state index contributed by atoms with van der Waals surface area (Å²) < 4.78 is 0. The number of rotatable bonds is 3. The molecule has 0 aromatic heterocycles.